The first-order valence-electron chi connectivity index (χ1n) is 8.58. The molecule has 0 aromatic carbocycles. The number of nitrogens with one attached hydrogen (secondary N) is 1. The lowest BCUT2D eigenvalue weighted by atomic mass is 10.1. The normalized spacial score (nSPS) is 18.6. The van der Waals surface area contributed by atoms with E-state index in [9.17, 15) is 4.79 Å². The zero-order valence-corrected chi connectivity index (χ0v) is 17.6. The standard InChI is InChI=1S/C16H25N5O2S.HI/c1-2-23-16(22)21-7-5-12(6-8-21)19-15(17)18-9-14-20-13(10-24-14)11-3-4-11;/h10-12H,2-9H2,1H3,(H3,17,18,19);1H. The van der Waals surface area contributed by atoms with Crippen LogP contribution in [0.25, 0.3) is 0 Å². The molecule has 1 aromatic heterocycles. The van der Waals surface area contributed by atoms with Gasteiger partial charge in [0.15, 0.2) is 5.96 Å². The second kappa shape index (κ2) is 9.56. The molecule has 3 rings (SSSR count). The predicted octanol–water partition coefficient (Wildman–Crippen LogP) is 2.66. The van der Waals surface area contributed by atoms with Gasteiger partial charge in [-0.25, -0.2) is 14.8 Å². The Labute approximate surface area is 169 Å². The molecule has 3 N–H and O–H groups in total. The van der Waals surface area contributed by atoms with Gasteiger partial charge in [0.2, 0.25) is 0 Å². The molecule has 0 spiro atoms. The SMILES string of the molecule is CCOC(=O)N1CCC(NC(N)=NCc2nc(C3CC3)cs2)CC1.I. The van der Waals surface area contributed by atoms with Crippen molar-refractivity contribution in [3.8, 4) is 0 Å². The Morgan fingerprint density at radius 3 is 2.80 bits per heavy atom. The molecule has 1 aliphatic carbocycles. The zero-order valence-electron chi connectivity index (χ0n) is 14.4. The molecule has 1 aromatic rings. The molecule has 0 bridgehead atoms. The van der Waals surface area contributed by atoms with Gasteiger partial charge in [0, 0.05) is 30.4 Å². The summed E-state index contributed by atoms with van der Waals surface area (Å²) in [5.74, 6) is 1.13. The smallest absolute Gasteiger partial charge is 0.409 e. The van der Waals surface area contributed by atoms with Crippen molar-refractivity contribution in [2.75, 3.05) is 19.7 Å². The van der Waals surface area contributed by atoms with Crippen LogP contribution in [0, 0.1) is 0 Å². The van der Waals surface area contributed by atoms with Crippen LogP contribution in [0.4, 0.5) is 4.79 Å². The van der Waals surface area contributed by atoms with Crippen molar-refractivity contribution in [1.82, 2.24) is 15.2 Å². The lowest BCUT2D eigenvalue weighted by molar-refractivity contribution is 0.0963. The van der Waals surface area contributed by atoms with Gasteiger partial charge in [-0.05, 0) is 32.6 Å². The Kier molecular flexibility index (Phi) is 7.73. The lowest BCUT2D eigenvalue weighted by Crippen LogP contribution is -2.48. The van der Waals surface area contributed by atoms with Gasteiger partial charge in [-0.3, -0.25) is 0 Å². The van der Waals surface area contributed by atoms with Crippen molar-refractivity contribution in [2.24, 2.45) is 10.7 Å². The van der Waals surface area contributed by atoms with Gasteiger partial charge in [-0.15, -0.1) is 35.3 Å². The highest BCUT2D eigenvalue weighted by Gasteiger charge is 2.26. The van der Waals surface area contributed by atoms with Gasteiger partial charge < -0.3 is 20.7 Å². The summed E-state index contributed by atoms with van der Waals surface area (Å²) in [6.45, 7) is 4.12. The number of guanidine groups is 1. The molecule has 2 heterocycles. The van der Waals surface area contributed by atoms with Gasteiger partial charge in [0.05, 0.1) is 18.8 Å². The van der Waals surface area contributed by atoms with Crippen LogP contribution in [-0.2, 0) is 11.3 Å². The lowest BCUT2D eigenvalue weighted by Gasteiger charge is -2.31. The molecule has 9 heteroatoms. The average Bonchev–Trinajstić information content (AvgIpc) is 3.32. The van der Waals surface area contributed by atoms with Crippen molar-refractivity contribution >= 4 is 47.4 Å². The molecule has 140 valence electrons. The number of hydrogen-bond donors (Lipinski definition) is 2. The van der Waals surface area contributed by atoms with Gasteiger partial charge in [0.1, 0.15) is 5.01 Å². The number of ether oxygens (including phenoxy) is 1. The molecule has 2 aliphatic rings. The van der Waals surface area contributed by atoms with Crippen molar-refractivity contribution in [3.05, 3.63) is 16.1 Å². The average molecular weight is 479 g/mol. The van der Waals surface area contributed by atoms with E-state index in [0.29, 0.717) is 38.1 Å². The number of nitrogens with zero attached hydrogens (tertiary/aromatic N) is 3. The first-order valence-corrected chi connectivity index (χ1v) is 9.46. The number of aromatic nitrogens is 1. The van der Waals surface area contributed by atoms with E-state index in [4.69, 9.17) is 10.5 Å². The fourth-order valence-corrected chi connectivity index (χ4v) is 3.59. The number of halogens is 1. The van der Waals surface area contributed by atoms with E-state index in [0.717, 1.165) is 17.8 Å². The van der Waals surface area contributed by atoms with Crippen LogP contribution in [0.5, 0.6) is 0 Å². The van der Waals surface area contributed by atoms with Gasteiger partial charge in [-0.2, -0.15) is 0 Å². The maximum absolute atomic E-state index is 11.7. The van der Waals surface area contributed by atoms with E-state index in [-0.39, 0.29) is 36.1 Å². The summed E-state index contributed by atoms with van der Waals surface area (Å²) in [7, 11) is 0. The summed E-state index contributed by atoms with van der Waals surface area (Å²) in [5.41, 5.74) is 7.20. The third-order valence-corrected chi connectivity index (χ3v) is 5.17. The van der Waals surface area contributed by atoms with Crippen LogP contribution in [-0.4, -0.2) is 47.7 Å². The number of hydrogen-bond acceptors (Lipinski definition) is 5. The number of carbonyl (C=O) groups excluding carboxylic acids is 1. The fraction of sp³-hybridized carbons (Fsp3) is 0.688. The van der Waals surface area contributed by atoms with Gasteiger partial charge in [-0.1, -0.05) is 0 Å². The molecule has 0 atom stereocenters. The number of aliphatic imine (C=N–C) groups is 1. The van der Waals surface area contributed by atoms with Crippen LogP contribution in [0.2, 0.25) is 0 Å². The van der Waals surface area contributed by atoms with Crippen molar-refractivity contribution < 1.29 is 9.53 Å². The Morgan fingerprint density at radius 2 is 2.16 bits per heavy atom. The summed E-state index contributed by atoms with van der Waals surface area (Å²) in [6, 6.07) is 0.248. The van der Waals surface area contributed by atoms with Crippen LogP contribution in [0.3, 0.4) is 0 Å². The molecule has 25 heavy (non-hydrogen) atoms. The number of carbonyl (C=O) groups is 1. The van der Waals surface area contributed by atoms with Gasteiger partial charge in [0.25, 0.3) is 0 Å². The van der Waals surface area contributed by atoms with E-state index in [1.54, 1.807) is 16.2 Å². The van der Waals surface area contributed by atoms with E-state index in [1.807, 2.05) is 6.92 Å². The quantitative estimate of drug-likeness (QED) is 0.385. The second-order valence-corrected chi connectivity index (χ2v) is 7.19. The van der Waals surface area contributed by atoms with Crippen LogP contribution in [0.15, 0.2) is 10.4 Å². The number of amides is 1. The maximum atomic E-state index is 11.7. The molecule has 0 unspecified atom stereocenters. The van der Waals surface area contributed by atoms with Crippen molar-refractivity contribution in [3.63, 3.8) is 0 Å². The Hall–Kier alpha value is -1.10. The second-order valence-electron chi connectivity index (χ2n) is 6.25. The van der Waals surface area contributed by atoms with Crippen LogP contribution in [0.1, 0.15) is 49.2 Å². The number of thiazole rings is 1. The molecule has 1 amide bonds. The summed E-state index contributed by atoms with van der Waals surface area (Å²) in [4.78, 5) is 22.4. The molecule has 1 saturated carbocycles. The third-order valence-electron chi connectivity index (χ3n) is 4.32. The van der Waals surface area contributed by atoms with Crippen molar-refractivity contribution in [2.45, 2.75) is 51.1 Å². The minimum atomic E-state index is -0.229. The van der Waals surface area contributed by atoms with Gasteiger partial charge >= 0.3 is 6.09 Å². The predicted molar refractivity (Wildman–Crippen MR) is 110 cm³/mol. The number of rotatable bonds is 5. The Balaban J connectivity index is 0.00000225. The maximum Gasteiger partial charge on any atom is 0.409 e. The minimum absolute atomic E-state index is 0. The summed E-state index contributed by atoms with van der Waals surface area (Å²) in [6.07, 6.45) is 3.99. The molecule has 0 radical (unpaired) electrons. The van der Waals surface area contributed by atoms with E-state index < -0.39 is 0 Å². The highest BCUT2D eigenvalue weighted by molar-refractivity contribution is 14.0. The number of nitrogens with two attached hydrogens (primary N) is 1. The molecule has 2 fully saturated rings. The zero-order chi connectivity index (χ0) is 16.9. The third kappa shape index (κ3) is 5.98. The molecule has 1 saturated heterocycles. The Morgan fingerprint density at radius 1 is 1.44 bits per heavy atom. The summed E-state index contributed by atoms with van der Waals surface area (Å²) >= 11 is 1.65. The highest BCUT2D eigenvalue weighted by Crippen LogP contribution is 2.40. The number of likely N-dealkylation sites (tertiary alicyclic amines) is 1. The largest absolute Gasteiger partial charge is 0.450 e. The van der Waals surface area contributed by atoms with Crippen LogP contribution < -0.4 is 11.1 Å². The van der Waals surface area contributed by atoms with Crippen molar-refractivity contribution in [1.29, 1.82) is 0 Å². The van der Waals surface area contributed by atoms with E-state index >= 15 is 0 Å². The summed E-state index contributed by atoms with van der Waals surface area (Å²) < 4.78 is 5.02. The van der Waals surface area contributed by atoms with E-state index in [2.05, 4.69) is 20.7 Å². The molecule has 7 nitrogen and oxygen atoms in total. The topological polar surface area (TPSA) is 92.8 Å². The fourth-order valence-electron chi connectivity index (χ4n) is 2.79. The Bertz CT molecular complexity index is 597. The number of piperidine rings is 1. The summed E-state index contributed by atoms with van der Waals surface area (Å²) in [5, 5.41) is 6.40. The molecular weight excluding hydrogens is 453 g/mol. The van der Waals surface area contributed by atoms with Crippen LogP contribution >= 0.6 is 35.3 Å². The monoisotopic (exact) mass is 479 g/mol. The highest BCUT2D eigenvalue weighted by atomic mass is 127. The molecule has 1 aliphatic heterocycles. The first-order chi connectivity index (χ1) is 11.7. The molecular formula is C16H26IN5O2S. The first kappa shape index (κ1) is 20.2. The van der Waals surface area contributed by atoms with E-state index in [1.165, 1.54) is 18.5 Å². The minimum Gasteiger partial charge on any atom is -0.450 e.